The SMILES string of the molecule is COc1cccc(F)c1C1=NC(=O)c2c(-c3cc(N(C)C)ccc3F)[nH]c(O)c21. The Morgan fingerprint density at radius 2 is 1.83 bits per heavy atom. The second-order valence-electron chi connectivity index (χ2n) is 6.74. The number of rotatable bonds is 4. The van der Waals surface area contributed by atoms with E-state index >= 15 is 0 Å². The predicted molar refractivity (Wildman–Crippen MR) is 105 cm³/mol. The zero-order valence-corrected chi connectivity index (χ0v) is 15.9. The van der Waals surface area contributed by atoms with Crippen LogP contribution in [0.1, 0.15) is 21.5 Å². The summed E-state index contributed by atoms with van der Waals surface area (Å²) < 4.78 is 34.3. The van der Waals surface area contributed by atoms with Crippen molar-refractivity contribution in [1.29, 1.82) is 0 Å². The van der Waals surface area contributed by atoms with Gasteiger partial charge in [0.1, 0.15) is 17.4 Å². The molecule has 0 atom stereocenters. The second-order valence-corrected chi connectivity index (χ2v) is 6.74. The van der Waals surface area contributed by atoms with Gasteiger partial charge in [0.05, 0.1) is 35.2 Å². The second kappa shape index (κ2) is 6.73. The highest BCUT2D eigenvalue weighted by atomic mass is 19.1. The number of nitrogens with one attached hydrogen (secondary N) is 1. The molecule has 3 aromatic rings. The van der Waals surface area contributed by atoms with Crippen molar-refractivity contribution in [3.63, 3.8) is 0 Å². The zero-order valence-electron chi connectivity index (χ0n) is 15.9. The summed E-state index contributed by atoms with van der Waals surface area (Å²) in [6.07, 6.45) is 0. The predicted octanol–water partition coefficient (Wildman–Crippen LogP) is 3.73. The molecule has 1 amide bonds. The quantitative estimate of drug-likeness (QED) is 0.703. The molecule has 1 aliphatic rings. The molecule has 2 N–H and O–H groups in total. The van der Waals surface area contributed by atoms with Crippen LogP contribution < -0.4 is 9.64 Å². The summed E-state index contributed by atoms with van der Waals surface area (Å²) in [5, 5.41) is 10.5. The van der Waals surface area contributed by atoms with Gasteiger partial charge in [-0.05, 0) is 30.3 Å². The van der Waals surface area contributed by atoms with Gasteiger partial charge < -0.3 is 19.7 Å². The minimum absolute atomic E-state index is 0.0161. The maximum absolute atomic E-state index is 14.6. The molecule has 0 spiro atoms. The number of methoxy groups -OCH3 is 1. The fourth-order valence-electron chi connectivity index (χ4n) is 3.41. The van der Waals surface area contributed by atoms with Crippen LogP contribution in [0, 0.1) is 11.6 Å². The van der Waals surface area contributed by atoms with E-state index in [4.69, 9.17) is 4.74 Å². The Kier molecular flexibility index (Phi) is 4.34. The molecule has 0 saturated heterocycles. The maximum Gasteiger partial charge on any atom is 0.280 e. The minimum Gasteiger partial charge on any atom is -0.496 e. The van der Waals surface area contributed by atoms with Gasteiger partial charge in [0.15, 0.2) is 5.88 Å². The van der Waals surface area contributed by atoms with Crippen molar-refractivity contribution < 1.29 is 23.4 Å². The van der Waals surface area contributed by atoms with E-state index < -0.39 is 23.4 Å². The largest absolute Gasteiger partial charge is 0.496 e. The van der Waals surface area contributed by atoms with Gasteiger partial charge in [0, 0.05) is 25.3 Å². The number of aromatic hydroxyl groups is 1. The van der Waals surface area contributed by atoms with Crippen LogP contribution in [0.3, 0.4) is 0 Å². The molecule has 8 heteroatoms. The van der Waals surface area contributed by atoms with Crippen molar-refractivity contribution in [2.75, 3.05) is 26.1 Å². The van der Waals surface area contributed by atoms with Gasteiger partial charge >= 0.3 is 0 Å². The number of halogens is 2. The van der Waals surface area contributed by atoms with E-state index in [0.29, 0.717) is 5.69 Å². The first kappa shape index (κ1) is 18.7. The van der Waals surface area contributed by atoms with Crippen molar-refractivity contribution in [2.45, 2.75) is 0 Å². The summed E-state index contributed by atoms with van der Waals surface area (Å²) in [5.41, 5.74) is 0.762. The Labute approximate surface area is 165 Å². The number of hydrogen-bond donors (Lipinski definition) is 2. The number of aromatic nitrogens is 1. The van der Waals surface area contributed by atoms with Crippen molar-refractivity contribution in [3.8, 4) is 22.9 Å². The molecular formula is C21H17F2N3O3. The molecule has 1 aliphatic heterocycles. The third-order valence-electron chi connectivity index (χ3n) is 4.81. The van der Waals surface area contributed by atoms with Crippen molar-refractivity contribution in [1.82, 2.24) is 4.98 Å². The third kappa shape index (κ3) is 2.84. The number of ether oxygens (including phenoxy) is 1. The Bertz CT molecular complexity index is 1180. The molecule has 0 unspecified atom stereocenters. The molecule has 0 aliphatic carbocycles. The Morgan fingerprint density at radius 1 is 1.07 bits per heavy atom. The number of aliphatic imine (C=N–C) groups is 1. The van der Waals surface area contributed by atoms with Gasteiger partial charge in [-0.15, -0.1) is 0 Å². The zero-order chi connectivity index (χ0) is 20.9. The summed E-state index contributed by atoms with van der Waals surface area (Å²) in [4.78, 5) is 21.1. The van der Waals surface area contributed by atoms with Crippen LogP contribution >= 0.6 is 0 Å². The molecule has 148 valence electrons. The lowest BCUT2D eigenvalue weighted by Gasteiger charge is -2.14. The first-order chi connectivity index (χ1) is 13.8. The summed E-state index contributed by atoms with van der Waals surface area (Å²) in [6.45, 7) is 0. The number of hydrogen-bond acceptors (Lipinski definition) is 4. The van der Waals surface area contributed by atoms with Crippen LogP contribution in [0.4, 0.5) is 14.5 Å². The van der Waals surface area contributed by atoms with Gasteiger partial charge in [-0.2, -0.15) is 0 Å². The number of nitrogens with zero attached hydrogens (tertiary/aromatic N) is 2. The monoisotopic (exact) mass is 397 g/mol. The smallest absolute Gasteiger partial charge is 0.280 e. The van der Waals surface area contributed by atoms with Crippen LogP contribution in [0.25, 0.3) is 11.3 Å². The van der Waals surface area contributed by atoms with Crippen LogP contribution in [-0.4, -0.2) is 42.9 Å². The van der Waals surface area contributed by atoms with Crippen molar-refractivity contribution in [3.05, 3.63) is 64.7 Å². The topological polar surface area (TPSA) is 77.9 Å². The van der Waals surface area contributed by atoms with Gasteiger partial charge in [-0.3, -0.25) is 4.79 Å². The van der Waals surface area contributed by atoms with E-state index in [1.54, 1.807) is 31.1 Å². The van der Waals surface area contributed by atoms with E-state index in [2.05, 4.69) is 9.98 Å². The molecule has 29 heavy (non-hydrogen) atoms. The number of fused-ring (bicyclic) bond motifs is 1. The normalized spacial score (nSPS) is 12.7. The highest BCUT2D eigenvalue weighted by Gasteiger charge is 2.36. The van der Waals surface area contributed by atoms with Crippen LogP contribution in [0.2, 0.25) is 0 Å². The minimum atomic E-state index is -0.707. The molecule has 2 aromatic carbocycles. The maximum atomic E-state index is 14.6. The third-order valence-corrected chi connectivity index (χ3v) is 4.81. The number of aromatic amines is 1. The molecular weight excluding hydrogens is 380 g/mol. The number of amides is 1. The molecule has 6 nitrogen and oxygen atoms in total. The van der Waals surface area contributed by atoms with Crippen LogP contribution in [-0.2, 0) is 0 Å². The van der Waals surface area contributed by atoms with E-state index in [1.165, 1.54) is 31.4 Å². The summed E-state index contributed by atoms with van der Waals surface area (Å²) in [7, 11) is 4.95. The lowest BCUT2D eigenvalue weighted by atomic mass is 9.98. The number of carbonyl (C=O) groups is 1. The molecule has 0 fully saturated rings. The summed E-state index contributed by atoms with van der Waals surface area (Å²) in [6, 6.07) is 8.60. The average molecular weight is 397 g/mol. The Morgan fingerprint density at radius 3 is 2.52 bits per heavy atom. The highest BCUT2D eigenvalue weighted by molar-refractivity contribution is 6.31. The van der Waals surface area contributed by atoms with Gasteiger partial charge in [0.2, 0.25) is 0 Å². The van der Waals surface area contributed by atoms with E-state index in [0.717, 1.165) is 0 Å². The van der Waals surface area contributed by atoms with Crippen molar-refractivity contribution in [2.24, 2.45) is 4.99 Å². The Hall–Kier alpha value is -3.68. The number of carbonyl (C=O) groups excluding carboxylic acids is 1. The molecule has 0 bridgehead atoms. The molecule has 0 saturated carbocycles. The van der Waals surface area contributed by atoms with E-state index in [9.17, 15) is 18.7 Å². The lowest BCUT2D eigenvalue weighted by molar-refractivity contribution is 0.101. The summed E-state index contributed by atoms with van der Waals surface area (Å²) >= 11 is 0. The first-order valence-electron chi connectivity index (χ1n) is 8.72. The van der Waals surface area contributed by atoms with Gasteiger partial charge in [0.25, 0.3) is 5.91 Å². The van der Waals surface area contributed by atoms with Gasteiger partial charge in [-0.25, -0.2) is 13.8 Å². The molecule has 4 rings (SSSR count). The summed E-state index contributed by atoms with van der Waals surface area (Å²) in [5.74, 6) is -2.19. The Balaban J connectivity index is 1.94. The van der Waals surface area contributed by atoms with E-state index in [1.807, 2.05) is 0 Å². The van der Waals surface area contributed by atoms with Gasteiger partial charge in [-0.1, -0.05) is 6.07 Å². The van der Waals surface area contributed by atoms with Crippen LogP contribution in [0.5, 0.6) is 11.6 Å². The lowest BCUT2D eigenvalue weighted by Crippen LogP contribution is -2.09. The van der Waals surface area contributed by atoms with Crippen molar-refractivity contribution >= 4 is 17.3 Å². The fourth-order valence-corrected chi connectivity index (χ4v) is 3.41. The fraction of sp³-hybridized carbons (Fsp3) is 0.143. The number of anilines is 1. The number of benzene rings is 2. The molecule has 1 aromatic heterocycles. The van der Waals surface area contributed by atoms with Crippen LogP contribution in [0.15, 0.2) is 41.4 Å². The standard InChI is InChI=1S/C21H17F2N3O3/c1-26(2)10-7-8-12(22)11(9-10)18-16-17(21(28)24-18)19(25-20(16)27)15-13(23)5-4-6-14(15)29-3/h4-9,24,28H,1-3H3. The number of H-pyrrole nitrogens is 1. The first-order valence-corrected chi connectivity index (χ1v) is 8.72. The average Bonchev–Trinajstić information content (AvgIpc) is 3.20. The molecule has 2 heterocycles. The molecule has 0 radical (unpaired) electrons. The van der Waals surface area contributed by atoms with E-state index in [-0.39, 0.29) is 39.4 Å². The highest BCUT2D eigenvalue weighted by Crippen LogP contribution is 2.41.